The summed E-state index contributed by atoms with van der Waals surface area (Å²) < 4.78 is 6.56. The predicted molar refractivity (Wildman–Crippen MR) is 102 cm³/mol. The van der Waals surface area contributed by atoms with Gasteiger partial charge in [-0.05, 0) is 48.8 Å². The van der Waals surface area contributed by atoms with Gasteiger partial charge in [-0.15, -0.1) is 0 Å². The number of aromatic nitrogens is 2. The van der Waals surface area contributed by atoms with E-state index in [-0.39, 0.29) is 18.0 Å². The number of nitrogens with one attached hydrogen (secondary N) is 1. The highest BCUT2D eigenvalue weighted by Crippen LogP contribution is 2.42. The first kappa shape index (κ1) is 17.5. The molecule has 0 unspecified atom stereocenters. The van der Waals surface area contributed by atoms with Crippen molar-refractivity contribution >= 4 is 5.91 Å². The van der Waals surface area contributed by atoms with Crippen molar-refractivity contribution in [3.05, 3.63) is 58.9 Å². The number of carbonyl (C=O) groups is 1. The fraction of sp³-hybridized carbons (Fsp3) is 0.381. The van der Waals surface area contributed by atoms with Gasteiger partial charge in [-0.3, -0.25) is 9.59 Å². The van der Waals surface area contributed by atoms with Gasteiger partial charge in [0.25, 0.3) is 5.56 Å². The van der Waals surface area contributed by atoms with Gasteiger partial charge in [0.05, 0.1) is 12.8 Å². The van der Waals surface area contributed by atoms with Crippen molar-refractivity contribution < 1.29 is 9.53 Å². The van der Waals surface area contributed by atoms with Gasteiger partial charge >= 0.3 is 0 Å². The maximum absolute atomic E-state index is 12.3. The summed E-state index contributed by atoms with van der Waals surface area (Å²) in [4.78, 5) is 24.5. The van der Waals surface area contributed by atoms with E-state index in [0.717, 1.165) is 12.0 Å². The van der Waals surface area contributed by atoms with E-state index < -0.39 is 0 Å². The van der Waals surface area contributed by atoms with E-state index in [1.54, 1.807) is 13.2 Å². The van der Waals surface area contributed by atoms with Crippen LogP contribution >= 0.6 is 0 Å². The molecule has 1 amide bonds. The summed E-state index contributed by atoms with van der Waals surface area (Å²) in [7, 11) is 1.59. The van der Waals surface area contributed by atoms with Crippen molar-refractivity contribution in [2.24, 2.45) is 17.8 Å². The number of carbonyl (C=O) groups excluding carboxylic acids is 1. The summed E-state index contributed by atoms with van der Waals surface area (Å²) in [6.07, 6.45) is 6.91. The van der Waals surface area contributed by atoms with Crippen molar-refractivity contribution in [1.82, 2.24) is 15.1 Å². The third-order valence-electron chi connectivity index (χ3n) is 5.52. The van der Waals surface area contributed by atoms with Crippen LogP contribution in [-0.2, 0) is 11.3 Å². The van der Waals surface area contributed by atoms with Crippen molar-refractivity contribution in [1.29, 1.82) is 0 Å². The highest BCUT2D eigenvalue weighted by atomic mass is 16.5. The molecule has 4 rings (SSSR count). The van der Waals surface area contributed by atoms with Gasteiger partial charge in [0.15, 0.2) is 0 Å². The molecule has 27 heavy (non-hydrogen) atoms. The molecule has 2 aromatic rings. The second-order valence-corrected chi connectivity index (χ2v) is 7.26. The smallest absolute Gasteiger partial charge is 0.267 e. The van der Waals surface area contributed by atoms with Crippen LogP contribution in [0.4, 0.5) is 0 Å². The number of allylic oxidation sites excluding steroid dienone is 2. The summed E-state index contributed by atoms with van der Waals surface area (Å²) in [5.74, 6) is 2.26. The summed E-state index contributed by atoms with van der Waals surface area (Å²) in [6, 6.07) is 10.5. The zero-order valence-electron chi connectivity index (χ0n) is 15.3. The maximum Gasteiger partial charge on any atom is 0.267 e. The molecule has 0 saturated heterocycles. The molecule has 1 fully saturated rings. The first-order valence-corrected chi connectivity index (χ1v) is 9.30. The average molecular weight is 365 g/mol. The molecular weight excluding hydrogens is 342 g/mol. The number of hydrogen-bond acceptors (Lipinski definition) is 4. The lowest BCUT2D eigenvalue weighted by atomic mass is 9.94. The molecule has 6 nitrogen and oxygen atoms in total. The van der Waals surface area contributed by atoms with Crippen LogP contribution in [-0.4, -0.2) is 29.3 Å². The molecule has 1 heterocycles. The lowest BCUT2D eigenvalue weighted by Crippen LogP contribution is -2.36. The van der Waals surface area contributed by atoms with Gasteiger partial charge in [0.2, 0.25) is 5.91 Å². The van der Waals surface area contributed by atoms with E-state index >= 15 is 0 Å². The Labute approximate surface area is 157 Å². The third-order valence-corrected chi connectivity index (χ3v) is 5.52. The Hall–Kier alpha value is -2.89. The van der Waals surface area contributed by atoms with Crippen LogP contribution in [0.1, 0.15) is 12.8 Å². The van der Waals surface area contributed by atoms with Gasteiger partial charge < -0.3 is 10.1 Å². The summed E-state index contributed by atoms with van der Waals surface area (Å²) in [5, 5.41) is 7.33. The third kappa shape index (κ3) is 3.65. The first-order chi connectivity index (χ1) is 13.1. The van der Waals surface area contributed by atoms with Crippen LogP contribution in [0.15, 0.2) is 53.3 Å². The van der Waals surface area contributed by atoms with Crippen LogP contribution in [0.25, 0.3) is 11.3 Å². The van der Waals surface area contributed by atoms with Gasteiger partial charge in [-0.1, -0.05) is 24.3 Å². The monoisotopic (exact) mass is 365 g/mol. The van der Waals surface area contributed by atoms with E-state index in [0.29, 0.717) is 35.7 Å². The standard InChI is InChI=1S/C21H23N3O3/c1-27-19-5-3-2-4-17(19)18-8-9-21(26)24(23-18)13-20(25)22-12-16-11-14-6-7-15(16)10-14/h2-9,14-16H,10-13H2,1H3,(H,22,25)/t14-,15+,16+/m1/s1. The fourth-order valence-electron chi connectivity index (χ4n) is 4.13. The van der Waals surface area contributed by atoms with Crippen LogP contribution in [0.5, 0.6) is 5.75 Å². The predicted octanol–water partition coefficient (Wildman–Crippen LogP) is 2.25. The van der Waals surface area contributed by atoms with Crippen molar-refractivity contribution in [2.45, 2.75) is 19.4 Å². The zero-order chi connectivity index (χ0) is 18.8. The number of para-hydroxylation sites is 1. The highest BCUT2D eigenvalue weighted by molar-refractivity contribution is 5.75. The van der Waals surface area contributed by atoms with Gasteiger partial charge in [0.1, 0.15) is 12.3 Å². The minimum Gasteiger partial charge on any atom is -0.496 e. The largest absolute Gasteiger partial charge is 0.496 e. The minimum atomic E-state index is -0.299. The van der Waals surface area contributed by atoms with Crippen molar-refractivity contribution in [2.75, 3.05) is 13.7 Å². The summed E-state index contributed by atoms with van der Waals surface area (Å²) in [5.41, 5.74) is 1.08. The molecule has 2 bridgehead atoms. The normalized spacial score (nSPS) is 22.8. The molecule has 1 aromatic heterocycles. The minimum absolute atomic E-state index is 0.0848. The molecule has 140 valence electrons. The van der Waals surface area contributed by atoms with Gasteiger partial charge in [-0.25, -0.2) is 4.68 Å². The number of amides is 1. The number of benzene rings is 1. The molecule has 2 aliphatic carbocycles. The van der Waals surface area contributed by atoms with E-state index in [1.807, 2.05) is 24.3 Å². The molecule has 6 heteroatoms. The highest BCUT2D eigenvalue weighted by Gasteiger charge is 2.35. The molecule has 1 N–H and O–H groups in total. The van der Waals surface area contributed by atoms with Crippen LogP contribution in [0.2, 0.25) is 0 Å². The number of methoxy groups -OCH3 is 1. The molecule has 1 saturated carbocycles. The number of nitrogens with zero attached hydrogens (tertiary/aromatic N) is 2. The Morgan fingerprint density at radius 3 is 2.81 bits per heavy atom. The lowest BCUT2D eigenvalue weighted by Gasteiger charge is -2.18. The molecule has 2 aliphatic rings. The van der Waals surface area contributed by atoms with Gasteiger partial charge in [-0.2, -0.15) is 5.10 Å². The Morgan fingerprint density at radius 2 is 2.07 bits per heavy atom. The van der Waals surface area contributed by atoms with E-state index in [9.17, 15) is 9.59 Å². The number of rotatable bonds is 6. The zero-order valence-corrected chi connectivity index (χ0v) is 15.3. The molecule has 0 radical (unpaired) electrons. The molecule has 1 aromatic carbocycles. The van der Waals surface area contributed by atoms with Crippen molar-refractivity contribution in [3.8, 4) is 17.0 Å². The van der Waals surface area contributed by atoms with Crippen LogP contribution in [0, 0.1) is 17.8 Å². The Morgan fingerprint density at radius 1 is 1.22 bits per heavy atom. The number of fused-ring (bicyclic) bond motifs is 2. The Kier molecular flexibility index (Phi) is 4.79. The fourth-order valence-corrected chi connectivity index (χ4v) is 4.13. The second-order valence-electron chi connectivity index (χ2n) is 7.26. The van der Waals surface area contributed by atoms with Crippen molar-refractivity contribution in [3.63, 3.8) is 0 Å². The van der Waals surface area contributed by atoms with E-state index in [1.165, 1.54) is 17.2 Å². The first-order valence-electron chi connectivity index (χ1n) is 9.30. The van der Waals surface area contributed by atoms with E-state index in [2.05, 4.69) is 22.6 Å². The SMILES string of the molecule is COc1ccccc1-c1ccc(=O)n(CC(=O)NC[C@@H]2C[C@@H]3C=C[C@H]2C3)n1. The van der Waals surface area contributed by atoms with Gasteiger partial charge in [0, 0.05) is 18.2 Å². The Bertz CT molecular complexity index is 934. The average Bonchev–Trinajstić information content (AvgIpc) is 3.31. The molecular formula is C21H23N3O3. The summed E-state index contributed by atoms with van der Waals surface area (Å²) in [6.45, 7) is 0.573. The van der Waals surface area contributed by atoms with Crippen LogP contribution in [0.3, 0.4) is 0 Å². The van der Waals surface area contributed by atoms with E-state index in [4.69, 9.17) is 4.74 Å². The summed E-state index contributed by atoms with van der Waals surface area (Å²) >= 11 is 0. The number of hydrogen-bond donors (Lipinski definition) is 1. The number of ether oxygens (including phenoxy) is 1. The Balaban J connectivity index is 1.44. The lowest BCUT2D eigenvalue weighted by molar-refractivity contribution is -0.122. The quantitative estimate of drug-likeness (QED) is 0.797. The molecule has 0 spiro atoms. The molecule has 3 atom stereocenters. The maximum atomic E-state index is 12.3. The molecule has 0 aliphatic heterocycles. The topological polar surface area (TPSA) is 73.2 Å². The van der Waals surface area contributed by atoms with Crippen LogP contribution < -0.4 is 15.6 Å². The second kappa shape index (κ2) is 7.39.